The van der Waals surface area contributed by atoms with Gasteiger partial charge in [-0.25, -0.2) is 4.79 Å². The second kappa shape index (κ2) is 5.12. The van der Waals surface area contributed by atoms with Gasteiger partial charge in [0.1, 0.15) is 0 Å². The summed E-state index contributed by atoms with van der Waals surface area (Å²) in [5, 5.41) is 4.67. The molecule has 3 rings (SSSR count). The van der Waals surface area contributed by atoms with Crippen LogP contribution in [0.1, 0.15) is 16.7 Å². The molecule has 1 aliphatic rings. The SMILES string of the molecule is O=C1NC(=O)[C@](c2ccccc2)(c2ccc(C(F)(F)F)cc2)N1. The van der Waals surface area contributed by atoms with E-state index in [1.54, 1.807) is 30.3 Å². The van der Waals surface area contributed by atoms with Gasteiger partial charge >= 0.3 is 12.2 Å². The Kier molecular flexibility index (Phi) is 3.35. The van der Waals surface area contributed by atoms with Crippen LogP contribution < -0.4 is 10.6 Å². The number of imide groups is 1. The van der Waals surface area contributed by atoms with Gasteiger partial charge in [0.15, 0.2) is 5.54 Å². The molecule has 0 aliphatic carbocycles. The number of hydrogen-bond acceptors (Lipinski definition) is 2. The van der Waals surface area contributed by atoms with E-state index >= 15 is 0 Å². The molecule has 4 nitrogen and oxygen atoms in total. The van der Waals surface area contributed by atoms with Crippen molar-refractivity contribution in [3.05, 3.63) is 71.3 Å². The number of halogens is 3. The normalized spacial score (nSPS) is 21.0. The molecular weight excluding hydrogens is 309 g/mol. The van der Waals surface area contributed by atoms with Gasteiger partial charge in [0.2, 0.25) is 0 Å². The van der Waals surface area contributed by atoms with E-state index in [1.165, 1.54) is 12.1 Å². The molecule has 1 heterocycles. The van der Waals surface area contributed by atoms with E-state index in [4.69, 9.17) is 0 Å². The van der Waals surface area contributed by atoms with Gasteiger partial charge in [-0.05, 0) is 23.3 Å². The number of carbonyl (C=O) groups excluding carboxylic acids is 2. The number of hydrogen-bond donors (Lipinski definition) is 2. The Morgan fingerprint density at radius 3 is 1.87 bits per heavy atom. The minimum Gasteiger partial charge on any atom is -0.316 e. The summed E-state index contributed by atoms with van der Waals surface area (Å²) >= 11 is 0. The van der Waals surface area contributed by atoms with Crippen LogP contribution in [0.2, 0.25) is 0 Å². The second-order valence-corrected chi connectivity index (χ2v) is 5.10. The fourth-order valence-corrected chi connectivity index (χ4v) is 2.63. The molecule has 3 amide bonds. The van der Waals surface area contributed by atoms with E-state index in [0.717, 1.165) is 12.1 Å². The maximum absolute atomic E-state index is 12.7. The Bertz CT molecular complexity index is 757. The summed E-state index contributed by atoms with van der Waals surface area (Å²) in [6, 6.07) is 11.8. The Morgan fingerprint density at radius 1 is 0.826 bits per heavy atom. The van der Waals surface area contributed by atoms with E-state index in [2.05, 4.69) is 10.6 Å². The lowest BCUT2D eigenvalue weighted by molar-refractivity contribution is -0.137. The van der Waals surface area contributed by atoms with Crippen molar-refractivity contribution >= 4 is 11.9 Å². The minimum absolute atomic E-state index is 0.250. The van der Waals surface area contributed by atoms with Crippen LogP contribution in [0.25, 0.3) is 0 Å². The molecule has 23 heavy (non-hydrogen) atoms. The first-order chi connectivity index (χ1) is 10.8. The first-order valence-corrected chi connectivity index (χ1v) is 6.71. The van der Waals surface area contributed by atoms with Crippen molar-refractivity contribution in [2.75, 3.05) is 0 Å². The Morgan fingerprint density at radius 2 is 1.39 bits per heavy atom. The van der Waals surface area contributed by atoms with Crippen molar-refractivity contribution < 1.29 is 22.8 Å². The fraction of sp³-hybridized carbons (Fsp3) is 0.125. The molecule has 1 fully saturated rings. The van der Waals surface area contributed by atoms with Gasteiger partial charge in [-0.3, -0.25) is 10.1 Å². The van der Waals surface area contributed by atoms with Gasteiger partial charge in [-0.1, -0.05) is 42.5 Å². The molecule has 2 N–H and O–H groups in total. The van der Waals surface area contributed by atoms with Crippen molar-refractivity contribution in [2.24, 2.45) is 0 Å². The summed E-state index contributed by atoms with van der Waals surface area (Å²) in [5.74, 6) is -0.631. The van der Waals surface area contributed by atoms with E-state index in [9.17, 15) is 22.8 Å². The lowest BCUT2D eigenvalue weighted by Gasteiger charge is -2.27. The number of urea groups is 1. The topological polar surface area (TPSA) is 58.2 Å². The van der Waals surface area contributed by atoms with Crippen LogP contribution in [-0.2, 0) is 16.5 Å². The quantitative estimate of drug-likeness (QED) is 0.836. The molecule has 2 aromatic carbocycles. The molecule has 118 valence electrons. The molecule has 0 unspecified atom stereocenters. The molecule has 0 spiro atoms. The summed E-state index contributed by atoms with van der Waals surface area (Å²) in [5.41, 5.74) is -1.65. The van der Waals surface area contributed by atoms with Crippen LogP contribution in [0.3, 0.4) is 0 Å². The molecule has 0 saturated carbocycles. The van der Waals surface area contributed by atoms with Crippen LogP contribution in [0.4, 0.5) is 18.0 Å². The molecule has 0 radical (unpaired) electrons. The van der Waals surface area contributed by atoms with E-state index in [-0.39, 0.29) is 5.56 Å². The standard InChI is InChI=1S/C16H11F3N2O2/c17-16(18,19)12-8-6-11(7-9-12)15(10-4-2-1-3-5-10)13(22)20-14(23)21-15/h1-9H,(H2,20,21,22,23)/t15-/m0/s1. The van der Waals surface area contributed by atoms with Crippen molar-refractivity contribution in [3.63, 3.8) is 0 Å². The van der Waals surface area contributed by atoms with Crippen molar-refractivity contribution in [2.45, 2.75) is 11.7 Å². The van der Waals surface area contributed by atoms with Crippen molar-refractivity contribution in [1.82, 2.24) is 10.6 Å². The second-order valence-electron chi connectivity index (χ2n) is 5.10. The predicted molar refractivity (Wildman–Crippen MR) is 75.3 cm³/mol. The zero-order chi connectivity index (χ0) is 16.7. The van der Waals surface area contributed by atoms with Gasteiger partial charge in [0, 0.05) is 0 Å². The predicted octanol–water partition coefficient (Wildman–Crippen LogP) is 2.79. The van der Waals surface area contributed by atoms with E-state index in [0.29, 0.717) is 5.56 Å². The molecule has 1 atom stereocenters. The van der Waals surface area contributed by atoms with Crippen LogP contribution in [-0.4, -0.2) is 11.9 Å². The minimum atomic E-state index is -4.47. The zero-order valence-corrected chi connectivity index (χ0v) is 11.6. The van der Waals surface area contributed by atoms with Gasteiger partial charge in [0.05, 0.1) is 5.56 Å². The Labute approximate surface area is 129 Å². The number of rotatable bonds is 2. The molecule has 7 heteroatoms. The highest BCUT2D eigenvalue weighted by Crippen LogP contribution is 2.35. The molecular formula is C16H11F3N2O2. The summed E-state index contributed by atoms with van der Waals surface area (Å²) in [6.07, 6.45) is -4.47. The highest BCUT2D eigenvalue weighted by molar-refractivity contribution is 6.09. The summed E-state index contributed by atoms with van der Waals surface area (Å²) < 4.78 is 38.1. The Hall–Kier alpha value is -2.83. The number of benzene rings is 2. The monoisotopic (exact) mass is 320 g/mol. The number of amides is 3. The lowest BCUT2D eigenvalue weighted by atomic mass is 9.82. The third-order valence-corrected chi connectivity index (χ3v) is 3.72. The highest BCUT2D eigenvalue weighted by atomic mass is 19.4. The first-order valence-electron chi connectivity index (χ1n) is 6.71. The van der Waals surface area contributed by atoms with Crippen molar-refractivity contribution in [1.29, 1.82) is 0 Å². The summed E-state index contributed by atoms with van der Waals surface area (Å²) in [7, 11) is 0. The average Bonchev–Trinajstić information content (AvgIpc) is 2.83. The summed E-state index contributed by atoms with van der Waals surface area (Å²) in [6.45, 7) is 0. The fourth-order valence-electron chi connectivity index (χ4n) is 2.63. The molecule has 2 aromatic rings. The van der Waals surface area contributed by atoms with Gasteiger partial charge in [-0.15, -0.1) is 0 Å². The molecule has 1 aliphatic heterocycles. The van der Waals surface area contributed by atoms with E-state index < -0.39 is 29.2 Å². The average molecular weight is 320 g/mol. The first kappa shape index (κ1) is 15.1. The third-order valence-electron chi connectivity index (χ3n) is 3.72. The van der Waals surface area contributed by atoms with Crippen LogP contribution in [0, 0.1) is 0 Å². The van der Waals surface area contributed by atoms with Gasteiger partial charge in [-0.2, -0.15) is 13.2 Å². The van der Waals surface area contributed by atoms with Crippen LogP contribution in [0.15, 0.2) is 54.6 Å². The van der Waals surface area contributed by atoms with Crippen molar-refractivity contribution in [3.8, 4) is 0 Å². The zero-order valence-electron chi connectivity index (χ0n) is 11.6. The molecule has 1 saturated heterocycles. The van der Waals surface area contributed by atoms with Gasteiger partial charge in [0.25, 0.3) is 5.91 Å². The van der Waals surface area contributed by atoms with E-state index in [1.807, 2.05) is 0 Å². The highest BCUT2D eigenvalue weighted by Gasteiger charge is 2.49. The molecule has 0 aromatic heterocycles. The largest absolute Gasteiger partial charge is 0.416 e. The number of nitrogens with one attached hydrogen (secondary N) is 2. The molecule has 0 bridgehead atoms. The maximum Gasteiger partial charge on any atom is 0.416 e. The van der Waals surface area contributed by atoms with Gasteiger partial charge < -0.3 is 5.32 Å². The van der Waals surface area contributed by atoms with Crippen LogP contribution in [0.5, 0.6) is 0 Å². The maximum atomic E-state index is 12.7. The number of carbonyl (C=O) groups is 2. The Balaban J connectivity index is 2.14. The van der Waals surface area contributed by atoms with Crippen LogP contribution >= 0.6 is 0 Å². The summed E-state index contributed by atoms with van der Waals surface area (Å²) in [4.78, 5) is 24.0. The lowest BCUT2D eigenvalue weighted by Crippen LogP contribution is -2.44. The smallest absolute Gasteiger partial charge is 0.316 e. The third kappa shape index (κ3) is 2.44. The number of alkyl halides is 3.